The highest BCUT2D eigenvalue weighted by Crippen LogP contribution is 2.37. The van der Waals surface area contributed by atoms with E-state index in [1.54, 1.807) is 0 Å². The predicted octanol–water partition coefficient (Wildman–Crippen LogP) is 4.19. The van der Waals surface area contributed by atoms with Gasteiger partial charge in [0.25, 0.3) is 0 Å². The Balaban J connectivity index is 2.10. The number of thiophene rings is 1. The molecule has 0 saturated heterocycles. The first-order chi connectivity index (χ1) is 10.1. The normalized spacial score (nSPS) is 12.9. The van der Waals surface area contributed by atoms with Crippen LogP contribution in [0.15, 0.2) is 33.5 Å². The molecule has 3 rings (SSSR count). The predicted molar refractivity (Wildman–Crippen MR) is 86.7 cm³/mol. The van der Waals surface area contributed by atoms with Crippen molar-refractivity contribution in [1.82, 2.24) is 10.3 Å². The van der Waals surface area contributed by atoms with E-state index in [-0.39, 0.29) is 6.04 Å². The molecular formula is C14H12Cl2N2O2S. The number of benzene rings is 1. The maximum Gasteiger partial charge on any atom is 0.417 e. The van der Waals surface area contributed by atoms with Crippen molar-refractivity contribution in [1.29, 1.82) is 0 Å². The molecule has 0 fully saturated rings. The van der Waals surface area contributed by atoms with Gasteiger partial charge in [0, 0.05) is 5.56 Å². The van der Waals surface area contributed by atoms with Gasteiger partial charge in [-0.15, -0.1) is 11.3 Å². The molecular weight excluding hydrogens is 331 g/mol. The molecule has 2 heterocycles. The molecule has 0 aliphatic rings. The highest BCUT2D eigenvalue weighted by Gasteiger charge is 2.19. The van der Waals surface area contributed by atoms with Gasteiger partial charge in [-0.25, -0.2) is 4.79 Å². The number of rotatable bonds is 4. The van der Waals surface area contributed by atoms with Gasteiger partial charge in [-0.3, -0.25) is 4.98 Å². The zero-order valence-electron chi connectivity index (χ0n) is 11.1. The highest BCUT2D eigenvalue weighted by molar-refractivity contribution is 7.20. The number of halogens is 2. The molecule has 2 aromatic heterocycles. The second kappa shape index (κ2) is 5.85. The molecule has 7 heteroatoms. The molecule has 110 valence electrons. The Hall–Kier alpha value is -1.27. The lowest BCUT2D eigenvalue weighted by molar-refractivity contribution is 0.554. The van der Waals surface area contributed by atoms with Crippen molar-refractivity contribution >= 4 is 45.6 Å². The van der Waals surface area contributed by atoms with Gasteiger partial charge in [-0.05, 0) is 30.3 Å². The molecule has 1 atom stereocenters. The SMILES string of the molecule is CCNC(c1ccc2[nH]c(=O)oc2c1)c1cc(Cl)sc1Cl. The van der Waals surface area contributed by atoms with Crippen LogP contribution in [0.1, 0.15) is 24.1 Å². The van der Waals surface area contributed by atoms with Crippen molar-refractivity contribution < 1.29 is 4.42 Å². The van der Waals surface area contributed by atoms with Gasteiger partial charge in [0.15, 0.2) is 5.58 Å². The smallest absolute Gasteiger partial charge is 0.408 e. The molecule has 0 aliphatic heterocycles. The number of H-pyrrole nitrogens is 1. The fraction of sp³-hybridized carbons (Fsp3) is 0.214. The Bertz CT molecular complexity index is 837. The van der Waals surface area contributed by atoms with Gasteiger partial charge < -0.3 is 9.73 Å². The highest BCUT2D eigenvalue weighted by atomic mass is 35.5. The lowest BCUT2D eigenvalue weighted by Crippen LogP contribution is -2.21. The lowest BCUT2D eigenvalue weighted by Gasteiger charge is -2.18. The number of hydrogen-bond donors (Lipinski definition) is 2. The molecule has 3 aromatic rings. The maximum atomic E-state index is 11.2. The van der Waals surface area contributed by atoms with Gasteiger partial charge in [0.05, 0.1) is 20.2 Å². The van der Waals surface area contributed by atoms with Crippen LogP contribution in [0.2, 0.25) is 8.67 Å². The minimum atomic E-state index is -0.459. The van der Waals surface area contributed by atoms with Gasteiger partial charge in [0.1, 0.15) is 0 Å². The summed E-state index contributed by atoms with van der Waals surface area (Å²) in [7, 11) is 0. The molecule has 0 aliphatic carbocycles. The van der Waals surface area contributed by atoms with Gasteiger partial charge in [-0.2, -0.15) is 0 Å². The van der Waals surface area contributed by atoms with E-state index in [0.717, 1.165) is 17.7 Å². The van der Waals surface area contributed by atoms with Gasteiger partial charge in [-0.1, -0.05) is 36.2 Å². The van der Waals surface area contributed by atoms with Crippen LogP contribution in [0.25, 0.3) is 11.1 Å². The van der Waals surface area contributed by atoms with Crippen molar-refractivity contribution in [3.05, 3.63) is 54.6 Å². The minimum Gasteiger partial charge on any atom is -0.408 e. The van der Waals surface area contributed by atoms with Crippen LogP contribution >= 0.6 is 34.5 Å². The molecule has 0 radical (unpaired) electrons. The summed E-state index contributed by atoms with van der Waals surface area (Å²) in [5.41, 5.74) is 3.08. The van der Waals surface area contributed by atoms with E-state index in [9.17, 15) is 4.79 Å². The van der Waals surface area contributed by atoms with E-state index >= 15 is 0 Å². The maximum absolute atomic E-state index is 11.2. The Morgan fingerprint density at radius 3 is 2.86 bits per heavy atom. The molecule has 0 saturated carbocycles. The van der Waals surface area contributed by atoms with E-state index in [1.807, 2.05) is 31.2 Å². The number of nitrogens with one attached hydrogen (secondary N) is 2. The number of hydrogen-bond acceptors (Lipinski definition) is 4. The van der Waals surface area contributed by atoms with Crippen molar-refractivity contribution in [2.45, 2.75) is 13.0 Å². The second-order valence-corrected chi connectivity index (χ2v) is 6.83. The summed E-state index contributed by atoms with van der Waals surface area (Å²) < 4.78 is 6.41. The van der Waals surface area contributed by atoms with E-state index in [2.05, 4.69) is 10.3 Å². The van der Waals surface area contributed by atoms with E-state index in [4.69, 9.17) is 27.6 Å². The van der Waals surface area contributed by atoms with Crippen LogP contribution in [0, 0.1) is 0 Å². The fourth-order valence-corrected chi connectivity index (χ4v) is 3.84. The first-order valence-electron chi connectivity index (χ1n) is 6.39. The first-order valence-corrected chi connectivity index (χ1v) is 7.96. The Kier molecular flexibility index (Phi) is 4.08. The fourth-order valence-electron chi connectivity index (χ4n) is 2.30. The summed E-state index contributed by atoms with van der Waals surface area (Å²) in [4.78, 5) is 13.9. The van der Waals surface area contributed by atoms with Crippen LogP contribution in [0.4, 0.5) is 0 Å². The zero-order valence-corrected chi connectivity index (χ0v) is 13.4. The molecule has 0 amide bonds. The second-order valence-electron chi connectivity index (χ2n) is 4.54. The number of fused-ring (bicyclic) bond motifs is 1. The van der Waals surface area contributed by atoms with Gasteiger partial charge in [0.2, 0.25) is 0 Å². The summed E-state index contributed by atoms with van der Waals surface area (Å²) in [5.74, 6) is -0.459. The van der Waals surface area contributed by atoms with Crippen LogP contribution in [-0.4, -0.2) is 11.5 Å². The summed E-state index contributed by atoms with van der Waals surface area (Å²) in [6, 6.07) is 7.35. The topological polar surface area (TPSA) is 58.0 Å². The molecule has 4 nitrogen and oxygen atoms in total. The average Bonchev–Trinajstić information content (AvgIpc) is 2.96. The Morgan fingerprint density at radius 2 is 2.19 bits per heavy atom. The third-order valence-electron chi connectivity index (χ3n) is 3.18. The monoisotopic (exact) mass is 342 g/mol. The third-order valence-corrected chi connectivity index (χ3v) is 4.70. The molecule has 0 spiro atoms. The van der Waals surface area contributed by atoms with Crippen LogP contribution in [-0.2, 0) is 0 Å². The Labute approximate surface area is 134 Å². The Morgan fingerprint density at radius 1 is 1.38 bits per heavy atom. The molecule has 1 unspecified atom stereocenters. The van der Waals surface area contributed by atoms with Crippen LogP contribution in [0.3, 0.4) is 0 Å². The third kappa shape index (κ3) is 2.87. The molecule has 0 bridgehead atoms. The van der Waals surface area contributed by atoms with E-state index < -0.39 is 5.76 Å². The lowest BCUT2D eigenvalue weighted by atomic mass is 10.0. The van der Waals surface area contributed by atoms with Crippen LogP contribution in [0.5, 0.6) is 0 Å². The summed E-state index contributed by atoms with van der Waals surface area (Å²) in [5, 5.41) is 3.37. The van der Waals surface area contributed by atoms with Gasteiger partial charge >= 0.3 is 5.76 Å². The molecule has 21 heavy (non-hydrogen) atoms. The first kappa shape index (κ1) is 14.7. The summed E-state index contributed by atoms with van der Waals surface area (Å²) >= 11 is 13.6. The quantitative estimate of drug-likeness (QED) is 0.747. The zero-order chi connectivity index (χ0) is 15.0. The number of oxazole rings is 1. The van der Waals surface area contributed by atoms with E-state index in [1.165, 1.54) is 11.3 Å². The van der Waals surface area contributed by atoms with Crippen molar-refractivity contribution in [3.8, 4) is 0 Å². The largest absolute Gasteiger partial charge is 0.417 e. The summed E-state index contributed by atoms with van der Waals surface area (Å²) in [6.45, 7) is 2.79. The number of aromatic amines is 1. The van der Waals surface area contributed by atoms with Crippen molar-refractivity contribution in [3.63, 3.8) is 0 Å². The van der Waals surface area contributed by atoms with Crippen molar-refractivity contribution in [2.75, 3.05) is 6.54 Å². The minimum absolute atomic E-state index is 0.101. The average molecular weight is 343 g/mol. The van der Waals surface area contributed by atoms with Crippen LogP contribution < -0.4 is 11.1 Å². The molecule has 1 aromatic carbocycles. The standard InChI is InChI=1S/C14H12Cl2N2O2S/c1-2-17-12(8-6-11(15)21-13(8)16)7-3-4-9-10(5-7)20-14(19)18-9/h3-6,12,17H,2H2,1H3,(H,18,19). The van der Waals surface area contributed by atoms with Crippen molar-refractivity contribution in [2.24, 2.45) is 0 Å². The molecule has 2 N–H and O–H groups in total. The van der Waals surface area contributed by atoms with E-state index in [0.29, 0.717) is 19.8 Å². The number of aromatic nitrogens is 1. The summed E-state index contributed by atoms with van der Waals surface area (Å²) in [6.07, 6.45) is 0.